The Balaban J connectivity index is 0.000000126. The van der Waals surface area contributed by atoms with Gasteiger partial charge in [0.25, 0.3) is 0 Å². The molecule has 132 heavy (non-hydrogen) atoms. The van der Waals surface area contributed by atoms with Crippen molar-refractivity contribution in [3.8, 4) is 101 Å². The second kappa shape index (κ2) is 33.1. The normalized spacial score (nSPS) is 14.0. The van der Waals surface area contributed by atoms with Crippen LogP contribution in [0.15, 0.2) is 449 Å². The molecule has 626 valence electrons. The Morgan fingerprint density at radius 2 is 0.477 bits per heavy atom. The maximum absolute atomic E-state index is 6.65. The molecule has 22 aromatic rings. The molecule has 1 saturated heterocycles. The van der Waals surface area contributed by atoms with E-state index in [9.17, 15) is 0 Å². The second-order valence-corrected chi connectivity index (χ2v) is 35.6. The Labute approximate surface area is 772 Å². The lowest BCUT2D eigenvalue weighted by atomic mass is 9.67. The fourth-order valence-corrected chi connectivity index (χ4v) is 20.9. The van der Waals surface area contributed by atoms with E-state index in [1.54, 1.807) is 0 Å². The molecule has 0 bridgehead atoms. The summed E-state index contributed by atoms with van der Waals surface area (Å²) in [6.07, 6.45) is 0. The van der Waals surface area contributed by atoms with Crippen molar-refractivity contribution in [2.24, 2.45) is 0 Å². The first-order valence-corrected chi connectivity index (χ1v) is 45.5. The zero-order valence-corrected chi connectivity index (χ0v) is 73.9. The number of halogens is 1. The molecule has 1 fully saturated rings. The molecule has 20 aromatic carbocycles. The van der Waals surface area contributed by atoms with Crippen LogP contribution in [-0.4, -0.2) is 48.2 Å². The van der Waals surface area contributed by atoms with E-state index in [2.05, 4.69) is 394 Å². The van der Waals surface area contributed by atoms with Crippen LogP contribution in [0.2, 0.25) is 5.28 Å². The van der Waals surface area contributed by atoms with Crippen LogP contribution in [0.5, 0.6) is 0 Å². The number of hydrogen-bond donors (Lipinski definition) is 0. The van der Waals surface area contributed by atoms with Crippen molar-refractivity contribution in [3.63, 3.8) is 0 Å². The van der Waals surface area contributed by atoms with Gasteiger partial charge in [0.15, 0.2) is 29.1 Å². The van der Waals surface area contributed by atoms with Crippen LogP contribution >= 0.6 is 11.6 Å². The molecule has 2 aliphatic carbocycles. The molecule has 10 heteroatoms. The lowest BCUT2D eigenvalue weighted by Crippen LogP contribution is -2.41. The van der Waals surface area contributed by atoms with Crippen LogP contribution in [0.3, 0.4) is 0 Å². The van der Waals surface area contributed by atoms with E-state index in [0.29, 0.717) is 29.1 Å². The molecule has 0 amide bonds. The third-order valence-corrected chi connectivity index (χ3v) is 27.6. The summed E-state index contributed by atoms with van der Waals surface area (Å²) in [5, 5.41) is 14.6. The molecule has 0 radical (unpaired) electrons. The molecule has 8 nitrogen and oxygen atoms in total. The lowest BCUT2D eigenvalue weighted by Gasteiger charge is -2.34. The third kappa shape index (κ3) is 13.7. The van der Waals surface area contributed by atoms with Crippen LogP contribution in [0.1, 0.15) is 72.2 Å². The smallest absolute Gasteiger partial charge is 0.399 e. The number of hydrogen-bond acceptors (Lipinski definition) is 8. The zero-order valence-electron chi connectivity index (χ0n) is 73.2. The molecular weight excluding hydrogens is 1630 g/mol. The van der Waals surface area contributed by atoms with E-state index < -0.39 is 29.2 Å². The number of nitrogens with zero attached hydrogens (tertiary/aromatic N) is 6. The van der Waals surface area contributed by atoms with Gasteiger partial charge in [0, 0.05) is 33.2 Å². The summed E-state index contributed by atoms with van der Waals surface area (Å²) in [7, 11) is -0.458. The average Bonchev–Trinajstić information content (AvgIpc) is 1.53. The highest BCUT2D eigenvalue weighted by Crippen LogP contribution is 2.59. The minimum absolute atomic E-state index is 0.202. The molecule has 0 spiro atoms. The van der Waals surface area contributed by atoms with Crippen molar-refractivity contribution in [2.45, 2.75) is 49.7 Å². The van der Waals surface area contributed by atoms with Crippen LogP contribution in [-0.2, 0) is 20.1 Å². The maximum atomic E-state index is 6.65. The molecule has 0 N–H and O–H groups in total. The minimum atomic E-state index is -0.471. The number of benzene rings is 20. The van der Waals surface area contributed by atoms with E-state index in [-0.39, 0.29) is 5.28 Å². The van der Waals surface area contributed by atoms with E-state index in [4.69, 9.17) is 35.9 Å². The van der Waals surface area contributed by atoms with Gasteiger partial charge in [-0.25, -0.2) is 19.9 Å². The summed E-state index contributed by atoms with van der Waals surface area (Å²) in [6, 6.07) is 161. The number of fused-ring (bicyclic) bond motifs is 18. The molecule has 0 unspecified atom stereocenters. The molecular formula is C122H86BClN6O2. The van der Waals surface area contributed by atoms with Crippen molar-refractivity contribution < 1.29 is 9.31 Å². The first-order valence-electron chi connectivity index (χ1n) is 45.1. The Morgan fingerprint density at radius 1 is 0.205 bits per heavy atom. The Bertz CT molecular complexity index is 8010. The Morgan fingerprint density at radius 3 is 0.871 bits per heavy atom. The van der Waals surface area contributed by atoms with E-state index in [1.807, 2.05) is 97.1 Å². The topological polar surface area (TPSA) is 95.8 Å². The molecule has 0 saturated carbocycles. The predicted octanol–water partition coefficient (Wildman–Crippen LogP) is 29.7. The van der Waals surface area contributed by atoms with Gasteiger partial charge in [0.2, 0.25) is 5.28 Å². The van der Waals surface area contributed by atoms with E-state index in [1.165, 1.54) is 143 Å². The van der Waals surface area contributed by atoms with Gasteiger partial charge < -0.3 is 9.31 Å². The van der Waals surface area contributed by atoms with Crippen molar-refractivity contribution >= 4 is 88.8 Å². The lowest BCUT2D eigenvalue weighted by molar-refractivity contribution is 0.00578. The molecule has 1 aliphatic heterocycles. The minimum Gasteiger partial charge on any atom is -0.399 e. The van der Waals surface area contributed by atoms with Crippen molar-refractivity contribution in [2.75, 3.05) is 0 Å². The van der Waals surface area contributed by atoms with E-state index in [0.717, 1.165) is 44.1 Å². The van der Waals surface area contributed by atoms with Crippen molar-refractivity contribution in [1.82, 2.24) is 29.9 Å². The third-order valence-electron chi connectivity index (χ3n) is 27.5. The zero-order chi connectivity index (χ0) is 88.7. The molecule has 3 aliphatic rings. The molecule has 3 heterocycles. The first kappa shape index (κ1) is 80.8. The largest absolute Gasteiger partial charge is 0.495 e. The average molecular weight is 1710 g/mol. The van der Waals surface area contributed by atoms with Crippen LogP contribution in [0, 0.1) is 0 Å². The van der Waals surface area contributed by atoms with Gasteiger partial charge in [0.1, 0.15) is 0 Å². The highest BCUT2D eigenvalue weighted by molar-refractivity contribution is 6.66. The summed E-state index contributed by atoms with van der Waals surface area (Å²) in [5.74, 6) is 3.11. The fraction of sp³-hybridized carbons (Fsp3) is 0.0656. The quantitative estimate of drug-likeness (QED) is 0.0882. The fourth-order valence-electron chi connectivity index (χ4n) is 20.7. The molecule has 0 atom stereocenters. The van der Waals surface area contributed by atoms with E-state index >= 15 is 0 Å². The second-order valence-electron chi connectivity index (χ2n) is 35.3. The highest BCUT2D eigenvalue weighted by atomic mass is 35.5. The number of rotatable bonds is 12. The summed E-state index contributed by atoms with van der Waals surface area (Å²) in [4.78, 5) is 28.2. The molecule has 25 rings (SSSR count). The van der Waals surface area contributed by atoms with Gasteiger partial charge >= 0.3 is 7.12 Å². The van der Waals surface area contributed by atoms with Gasteiger partial charge in [-0.1, -0.05) is 425 Å². The van der Waals surface area contributed by atoms with Crippen molar-refractivity contribution in [3.05, 3.63) is 499 Å². The van der Waals surface area contributed by atoms with Crippen LogP contribution < -0.4 is 5.46 Å². The highest BCUT2D eigenvalue weighted by Gasteiger charge is 2.53. The van der Waals surface area contributed by atoms with Gasteiger partial charge in [0.05, 0.1) is 22.0 Å². The summed E-state index contributed by atoms with van der Waals surface area (Å²) < 4.78 is 13.3. The predicted molar refractivity (Wildman–Crippen MR) is 545 cm³/mol. The first-order chi connectivity index (χ1) is 64.9. The standard InChI is InChI=1S/C58H37N3.C49H39BO2.C15H10ClN3/c1-5-18-38(19-6-1)55-59-56(39-20-7-2-8-21-39)61-57(60-55)50-30-17-29-48-44-26-13-14-27-45(44)51-36-40(33-35-49(51)54(48)50)41-32-34-47-46-28-15-16-31-52(46)58(53(47)37-41,42-22-9-3-10-23-42)43-24-11-4-12-25-43;1-47(2)48(3,4)52-50(51-47)45-25-15-23-40-36-20-11-12-21-37(36)42-30-32(27-29-41(42)46(40)45)33-26-28-39-38-22-13-14-24-43(38)49(44(39)31-33,34-16-7-5-8-17-34)35-18-9-6-10-19-35;16-15-18-13(11-7-3-1-4-8-11)17-14(19-15)12-9-5-2-6-10-12/h1-37H;5-31H,1-4H3;1-10H. The van der Waals surface area contributed by atoms with Crippen LogP contribution in [0.4, 0.5) is 0 Å². The Hall–Kier alpha value is -15.7. The number of aromatic nitrogens is 6. The maximum Gasteiger partial charge on any atom is 0.495 e. The van der Waals surface area contributed by atoms with Gasteiger partial charge in [-0.3, -0.25) is 0 Å². The van der Waals surface area contributed by atoms with Gasteiger partial charge in [-0.05, 0) is 217 Å². The SMILES string of the molecule is CC1(C)OB(c2cccc3c4ccccc4c4cc(-c5ccc6c(c5)C(c5ccccc5)(c5ccccc5)c5ccccc5-6)ccc4c23)OC1(C)C.Clc1nc(-c2ccccc2)nc(-c2ccccc2)n1.c1ccc(-c2nc(-c3ccccc3)nc(-c3cccc4c5ccccc5c5cc(-c6ccc7c(c6)C(c6ccccc6)(c6ccccc6)c6ccccc6-7)ccc5c34)n2)cc1. The Kier molecular flexibility index (Phi) is 20.2. The summed E-state index contributed by atoms with van der Waals surface area (Å²) >= 11 is 5.99. The van der Waals surface area contributed by atoms with Gasteiger partial charge in [-0.2, -0.15) is 9.97 Å². The summed E-state index contributed by atoms with van der Waals surface area (Å²) in [6.45, 7) is 8.49. The van der Waals surface area contributed by atoms with Crippen molar-refractivity contribution in [1.29, 1.82) is 0 Å². The van der Waals surface area contributed by atoms with Gasteiger partial charge in [-0.15, -0.1) is 0 Å². The van der Waals surface area contributed by atoms with Crippen LogP contribution in [0.25, 0.3) is 166 Å². The summed E-state index contributed by atoms with van der Waals surface area (Å²) in [5.41, 5.74) is 24.2. The monoisotopic (exact) mass is 1710 g/mol. The molecule has 2 aromatic heterocycles.